The molecule has 0 spiro atoms. The Balaban J connectivity index is 0.000000412. The van der Waals surface area contributed by atoms with Crippen LogP contribution in [0.3, 0.4) is 0 Å². The minimum absolute atomic E-state index is 0.0710. The lowest BCUT2D eigenvalue weighted by molar-refractivity contribution is -0.384. The average molecular weight is 377 g/mol. The van der Waals surface area contributed by atoms with Crippen LogP contribution in [0.15, 0.2) is 24.3 Å². The van der Waals surface area contributed by atoms with E-state index in [0.29, 0.717) is 5.56 Å². The zero-order valence-corrected chi connectivity index (χ0v) is 13.5. The van der Waals surface area contributed by atoms with Gasteiger partial charge in [-0.2, -0.15) is 13.2 Å². The number of carbonyl (C=O) groups excluding carboxylic acids is 1. The number of hydrogen-bond donors (Lipinski definition) is 3. The first-order valence-corrected chi connectivity index (χ1v) is 7.61. The number of carboxylic acid groups (broad SMARTS) is 1. The zero-order chi connectivity index (χ0) is 19.9. The van der Waals surface area contributed by atoms with E-state index in [4.69, 9.17) is 15.6 Å². The molecule has 1 aromatic carbocycles. The van der Waals surface area contributed by atoms with Crippen molar-refractivity contribution in [3.05, 3.63) is 39.9 Å². The summed E-state index contributed by atoms with van der Waals surface area (Å²) in [6.45, 7) is 0. The first-order chi connectivity index (χ1) is 12.0. The number of carbonyl (C=O) groups is 2. The van der Waals surface area contributed by atoms with Crippen LogP contribution in [0.4, 0.5) is 18.9 Å². The van der Waals surface area contributed by atoms with Gasteiger partial charge in [0.25, 0.3) is 11.6 Å². The summed E-state index contributed by atoms with van der Waals surface area (Å²) in [6, 6.07) is 6.11. The summed E-state index contributed by atoms with van der Waals surface area (Å²) in [6.07, 6.45) is -1.55. The van der Waals surface area contributed by atoms with Gasteiger partial charge in [-0.15, -0.1) is 0 Å². The van der Waals surface area contributed by atoms with E-state index in [0.717, 1.165) is 25.7 Å². The highest BCUT2D eigenvalue weighted by molar-refractivity contribution is 5.95. The maximum Gasteiger partial charge on any atom is 0.490 e. The van der Waals surface area contributed by atoms with Crippen LogP contribution in [-0.2, 0) is 4.79 Å². The van der Waals surface area contributed by atoms with Crippen molar-refractivity contribution in [2.24, 2.45) is 5.73 Å². The molecule has 0 atom stereocenters. The second kappa shape index (κ2) is 9.13. The minimum atomic E-state index is -5.08. The number of rotatable bonds is 3. The number of nitrogens with one attached hydrogen (secondary N) is 1. The van der Waals surface area contributed by atoms with E-state index in [9.17, 15) is 28.1 Å². The Labute approximate surface area is 146 Å². The minimum Gasteiger partial charge on any atom is -0.475 e. The smallest absolute Gasteiger partial charge is 0.475 e. The van der Waals surface area contributed by atoms with Crippen LogP contribution in [0.5, 0.6) is 0 Å². The van der Waals surface area contributed by atoms with E-state index >= 15 is 0 Å². The molecule has 0 aliphatic heterocycles. The third-order valence-corrected chi connectivity index (χ3v) is 3.67. The van der Waals surface area contributed by atoms with Crippen LogP contribution in [0.25, 0.3) is 0 Å². The van der Waals surface area contributed by atoms with E-state index in [1.165, 1.54) is 18.2 Å². The molecule has 11 heteroatoms. The number of nitrogens with zero attached hydrogens (tertiary/aromatic N) is 1. The van der Waals surface area contributed by atoms with E-state index in [2.05, 4.69) is 5.32 Å². The molecule has 8 nitrogen and oxygen atoms in total. The molecule has 0 heterocycles. The topological polar surface area (TPSA) is 136 Å². The van der Waals surface area contributed by atoms with Crippen molar-refractivity contribution in [2.45, 2.75) is 43.9 Å². The Bertz CT molecular complexity index is 658. The highest BCUT2D eigenvalue weighted by Crippen LogP contribution is 2.18. The molecule has 1 saturated carbocycles. The summed E-state index contributed by atoms with van der Waals surface area (Å²) >= 11 is 0. The summed E-state index contributed by atoms with van der Waals surface area (Å²) in [5.74, 6) is -3.02. The molecule has 0 unspecified atom stereocenters. The maximum atomic E-state index is 12.0. The fourth-order valence-electron chi connectivity index (χ4n) is 2.29. The van der Waals surface area contributed by atoms with E-state index in [-0.39, 0.29) is 23.7 Å². The number of nitro groups is 1. The van der Waals surface area contributed by atoms with Crippen LogP contribution in [0, 0.1) is 10.1 Å². The van der Waals surface area contributed by atoms with E-state index in [1.807, 2.05) is 0 Å². The molecule has 1 aliphatic carbocycles. The molecule has 1 fully saturated rings. The maximum absolute atomic E-state index is 12.0. The summed E-state index contributed by atoms with van der Waals surface area (Å²) in [5.41, 5.74) is 6.06. The van der Waals surface area contributed by atoms with Gasteiger partial charge in [-0.05, 0) is 31.7 Å². The lowest BCUT2D eigenvalue weighted by Gasteiger charge is -2.26. The van der Waals surface area contributed by atoms with E-state index < -0.39 is 17.1 Å². The van der Waals surface area contributed by atoms with Crippen LogP contribution < -0.4 is 11.1 Å². The van der Waals surface area contributed by atoms with Crippen LogP contribution in [0.1, 0.15) is 36.0 Å². The second-order valence-electron chi connectivity index (χ2n) is 5.70. The monoisotopic (exact) mass is 377 g/mol. The summed E-state index contributed by atoms with van der Waals surface area (Å²) in [5, 5.41) is 20.7. The third kappa shape index (κ3) is 7.05. The summed E-state index contributed by atoms with van der Waals surface area (Å²) in [7, 11) is 0. The average Bonchev–Trinajstić information content (AvgIpc) is 2.56. The molecule has 0 bridgehead atoms. The number of amides is 1. The first kappa shape index (κ1) is 21.4. The molecule has 1 aliphatic rings. The number of carboxylic acids is 1. The molecule has 0 radical (unpaired) electrons. The Morgan fingerprint density at radius 2 is 1.77 bits per heavy atom. The largest absolute Gasteiger partial charge is 0.490 e. The van der Waals surface area contributed by atoms with Crippen molar-refractivity contribution < 1.29 is 32.8 Å². The van der Waals surface area contributed by atoms with Gasteiger partial charge in [-0.25, -0.2) is 4.79 Å². The molecule has 0 saturated heterocycles. The molecule has 26 heavy (non-hydrogen) atoms. The van der Waals surface area contributed by atoms with Crippen molar-refractivity contribution in [2.75, 3.05) is 0 Å². The fraction of sp³-hybridized carbons (Fsp3) is 0.467. The number of alkyl halides is 3. The quantitative estimate of drug-likeness (QED) is 0.546. The zero-order valence-electron chi connectivity index (χ0n) is 13.5. The Morgan fingerprint density at radius 3 is 2.23 bits per heavy atom. The van der Waals surface area contributed by atoms with Crippen molar-refractivity contribution >= 4 is 17.6 Å². The number of non-ortho nitro benzene ring substituents is 1. The molecule has 1 amide bonds. The van der Waals surface area contributed by atoms with Gasteiger partial charge in [0.1, 0.15) is 0 Å². The highest BCUT2D eigenvalue weighted by atomic mass is 19.4. The molecule has 2 rings (SSSR count). The van der Waals surface area contributed by atoms with Gasteiger partial charge >= 0.3 is 12.1 Å². The standard InChI is InChI=1S/C13H17N3O3.C2HF3O2/c14-10-4-6-11(7-5-10)15-13(17)9-2-1-3-12(8-9)16(18)19;3-2(4,5)1(6)7/h1-3,8,10-11H,4-7,14H2,(H,15,17);(H,6,7)/t10-,11+;. The Kier molecular flexibility index (Phi) is 7.50. The fourth-order valence-corrected chi connectivity index (χ4v) is 2.29. The van der Waals surface area contributed by atoms with Crippen molar-refractivity contribution in [1.29, 1.82) is 0 Å². The number of benzene rings is 1. The summed E-state index contributed by atoms with van der Waals surface area (Å²) in [4.78, 5) is 31.1. The van der Waals surface area contributed by atoms with Gasteiger partial charge in [0.05, 0.1) is 4.92 Å². The number of aliphatic carboxylic acids is 1. The first-order valence-electron chi connectivity index (χ1n) is 7.61. The number of halogens is 3. The lowest BCUT2D eigenvalue weighted by atomic mass is 9.91. The van der Waals surface area contributed by atoms with Crippen LogP contribution >= 0.6 is 0 Å². The van der Waals surface area contributed by atoms with Gasteiger partial charge in [-0.1, -0.05) is 6.07 Å². The lowest BCUT2D eigenvalue weighted by Crippen LogP contribution is -2.40. The second-order valence-corrected chi connectivity index (χ2v) is 5.70. The van der Waals surface area contributed by atoms with Gasteiger partial charge in [0.15, 0.2) is 0 Å². The number of hydrogen-bond acceptors (Lipinski definition) is 5. The SMILES string of the molecule is N[C@H]1CC[C@@H](NC(=O)c2cccc([N+](=O)[O-])c2)CC1.O=C(O)C(F)(F)F. The van der Waals surface area contributed by atoms with Gasteiger partial charge in [-0.3, -0.25) is 14.9 Å². The number of nitrogens with two attached hydrogens (primary N) is 1. The Hall–Kier alpha value is -2.69. The third-order valence-electron chi connectivity index (χ3n) is 3.67. The van der Waals surface area contributed by atoms with Gasteiger partial charge in [0, 0.05) is 29.8 Å². The normalized spacial score (nSPS) is 19.7. The predicted octanol–water partition coefficient (Wildman–Crippen LogP) is 2.23. The molecular formula is C15H18F3N3O5. The molecule has 1 aromatic rings. The summed E-state index contributed by atoms with van der Waals surface area (Å²) < 4.78 is 31.7. The van der Waals surface area contributed by atoms with Crippen LogP contribution in [0.2, 0.25) is 0 Å². The molecule has 4 N–H and O–H groups in total. The van der Waals surface area contributed by atoms with Gasteiger partial charge < -0.3 is 16.2 Å². The van der Waals surface area contributed by atoms with Crippen molar-refractivity contribution in [3.8, 4) is 0 Å². The number of nitro benzene ring substituents is 1. The van der Waals surface area contributed by atoms with Crippen molar-refractivity contribution in [1.82, 2.24) is 5.32 Å². The molecule has 0 aromatic heterocycles. The van der Waals surface area contributed by atoms with Crippen molar-refractivity contribution in [3.63, 3.8) is 0 Å². The highest BCUT2D eigenvalue weighted by Gasteiger charge is 2.38. The van der Waals surface area contributed by atoms with Gasteiger partial charge in [0.2, 0.25) is 0 Å². The Morgan fingerprint density at radius 1 is 1.23 bits per heavy atom. The predicted molar refractivity (Wildman–Crippen MR) is 84.5 cm³/mol. The van der Waals surface area contributed by atoms with Crippen LogP contribution in [-0.4, -0.2) is 40.2 Å². The molecule has 144 valence electrons. The van der Waals surface area contributed by atoms with E-state index in [1.54, 1.807) is 6.07 Å². The molecular weight excluding hydrogens is 359 g/mol.